The molecule has 0 atom stereocenters. The molecule has 0 radical (unpaired) electrons. The average Bonchev–Trinajstić information content (AvgIpc) is 3.10. The second-order valence-corrected chi connectivity index (χ2v) is 5.77. The zero-order valence-electron chi connectivity index (χ0n) is 15.1. The topological polar surface area (TPSA) is 75.8 Å². The molecule has 3 aromatic rings. The lowest BCUT2D eigenvalue weighted by atomic mass is 10.2. The van der Waals surface area contributed by atoms with Gasteiger partial charge < -0.3 is 15.4 Å². The molecular weight excluding hydrogens is 373 g/mol. The summed E-state index contributed by atoms with van der Waals surface area (Å²) in [5.41, 5.74) is 0.00713. The lowest BCUT2D eigenvalue weighted by molar-refractivity contribution is -0.137. The van der Waals surface area contributed by atoms with Gasteiger partial charge in [0.1, 0.15) is 12.4 Å². The van der Waals surface area contributed by atoms with E-state index >= 15 is 0 Å². The van der Waals surface area contributed by atoms with E-state index in [-0.39, 0.29) is 12.4 Å². The van der Waals surface area contributed by atoms with Crippen molar-refractivity contribution in [2.45, 2.75) is 12.7 Å². The monoisotopic (exact) mass is 392 g/mol. The van der Waals surface area contributed by atoms with E-state index in [2.05, 4.69) is 25.8 Å². The molecule has 0 saturated carbocycles. The van der Waals surface area contributed by atoms with Crippen LogP contribution in [0.3, 0.4) is 0 Å². The quantitative estimate of drug-likeness (QED) is 0.383. The number of aromatic nitrogens is 3. The van der Waals surface area contributed by atoms with Gasteiger partial charge in [-0.2, -0.15) is 13.2 Å². The second-order valence-electron chi connectivity index (χ2n) is 5.77. The predicted octanol–water partition coefficient (Wildman–Crippen LogP) is 2.49. The Morgan fingerprint density at radius 2 is 2.00 bits per heavy atom. The number of alkyl halides is 3. The fourth-order valence-corrected chi connectivity index (χ4v) is 2.50. The fraction of sp³-hybridized carbons (Fsp3) is 0.278. The van der Waals surface area contributed by atoms with E-state index in [0.717, 1.165) is 23.6 Å². The van der Waals surface area contributed by atoms with Gasteiger partial charge in [0.2, 0.25) is 0 Å². The van der Waals surface area contributed by atoms with Crippen molar-refractivity contribution < 1.29 is 17.9 Å². The minimum atomic E-state index is -4.39. The first-order valence-corrected chi connectivity index (χ1v) is 8.50. The molecule has 1 aromatic carbocycles. The van der Waals surface area contributed by atoms with Crippen LogP contribution in [0.15, 0.2) is 53.7 Å². The van der Waals surface area contributed by atoms with Gasteiger partial charge in [-0.25, -0.2) is 0 Å². The van der Waals surface area contributed by atoms with Gasteiger partial charge in [-0.15, -0.1) is 10.2 Å². The molecule has 0 aliphatic carbocycles. The summed E-state index contributed by atoms with van der Waals surface area (Å²) in [4.78, 5) is 4.09. The van der Waals surface area contributed by atoms with Crippen molar-refractivity contribution in [1.82, 2.24) is 25.2 Å². The van der Waals surface area contributed by atoms with E-state index in [4.69, 9.17) is 4.74 Å². The maximum atomic E-state index is 12.7. The van der Waals surface area contributed by atoms with Crippen molar-refractivity contribution in [2.24, 2.45) is 4.99 Å². The Labute approximate surface area is 159 Å². The first-order valence-electron chi connectivity index (χ1n) is 8.50. The number of fused-ring (bicyclic) bond motifs is 1. The molecule has 28 heavy (non-hydrogen) atoms. The molecule has 3 rings (SSSR count). The molecule has 2 aromatic heterocycles. The van der Waals surface area contributed by atoms with Gasteiger partial charge in [0, 0.05) is 13.2 Å². The van der Waals surface area contributed by atoms with Gasteiger partial charge in [0.15, 0.2) is 17.4 Å². The van der Waals surface area contributed by atoms with Crippen LogP contribution in [0.1, 0.15) is 11.4 Å². The van der Waals surface area contributed by atoms with Crippen LogP contribution >= 0.6 is 0 Å². The number of nitrogens with one attached hydrogen (secondary N) is 2. The van der Waals surface area contributed by atoms with E-state index < -0.39 is 11.7 Å². The molecule has 0 spiro atoms. The lowest BCUT2D eigenvalue weighted by Crippen LogP contribution is -2.39. The molecule has 2 N–H and O–H groups in total. The highest BCUT2D eigenvalue weighted by atomic mass is 19.4. The third kappa shape index (κ3) is 4.90. The van der Waals surface area contributed by atoms with Crippen LogP contribution in [0.4, 0.5) is 13.2 Å². The third-order valence-corrected chi connectivity index (χ3v) is 3.85. The minimum absolute atomic E-state index is 0.162. The summed E-state index contributed by atoms with van der Waals surface area (Å²) >= 11 is 0. The van der Waals surface area contributed by atoms with Crippen LogP contribution in [0.25, 0.3) is 5.65 Å². The summed E-state index contributed by atoms with van der Waals surface area (Å²) in [6, 6.07) is 10.4. The highest BCUT2D eigenvalue weighted by molar-refractivity contribution is 5.79. The Balaban J connectivity index is 1.46. The van der Waals surface area contributed by atoms with Gasteiger partial charge in [0.25, 0.3) is 0 Å². The summed E-state index contributed by atoms with van der Waals surface area (Å²) in [5, 5.41) is 14.3. The van der Waals surface area contributed by atoms with Gasteiger partial charge in [0.05, 0.1) is 18.7 Å². The summed E-state index contributed by atoms with van der Waals surface area (Å²) in [6.45, 7) is 0.936. The van der Waals surface area contributed by atoms with Gasteiger partial charge in [-0.05, 0) is 30.3 Å². The Kier molecular flexibility index (Phi) is 5.97. The number of nitrogens with zero attached hydrogens (tertiary/aromatic N) is 4. The molecule has 7 nitrogen and oxygen atoms in total. The molecule has 0 aliphatic rings. The van der Waals surface area contributed by atoms with Crippen LogP contribution in [0, 0.1) is 0 Å². The summed E-state index contributed by atoms with van der Waals surface area (Å²) in [7, 11) is 1.62. The van der Waals surface area contributed by atoms with E-state index in [1.54, 1.807) is 7.05 Å². The van der Waals surface area contributed by atoms with Crippen molar-refractivity contribution in [3.8, 4) is 5.75 Å². The largest absolute Gasteiger partial charge is 0.492 e. The van der Waals surface area contributed by atoms with Crippen LogP contribution in [-0.2, 0) is 12.7 Å². The molecule has 0 aliphatic heterocycles. The van der Waals surface area contributed by atoms with Crippen molar-refractivity contribution >= 4 is 11.6 Å². The summed E-state index contributed by atoms with van der Waals surface area (Å²) in [6.07, 6.45) is -2.53. The van der Waals surface area contributed by atoms with Gasteiger partial charge >= 0.3 is 6.18 Å². The highest BCUT2D eigenvalue weighted by Gasteiger charge is 2.30. The lowest BCUT2D eigenvalue weighted by Gasteiger charge is -2.13. The third-order valence-electron chi connectivity index (χ3n) is 3.85. The number of halogens is 3. The number of ether oxygens (including phenoxy) is 1. The van der Waals surface area contributed by atoms with Crippen molar-refractivity contribution in [3.63, 3.8) is 0 Å². The number of hydrogen-bond acceptors (Lipinski definition) is 4. The molecular formula is C18H19F3N6O. The molecule has 2 heterocycles. The first kappa shape index (κ1) is 19.5. The summed E-state index contributed by atoms with van der Waals surface area (Å²) < 4.78 is 45.3. The van der Waals surface area contributed by atoms with E-state index in [0.29, 0.717) is 19.0 Å². The van der Waals surface area contributed by atoms with Gasteiger partial charge in [-0.1, -0.05) is 12.1 Å². The normalized spacial score (nSPS) is 12.2. The highest BCUT2D eigenvalue weighted by Crippen LogP contribution is 2.31. The van der Waals surface area contributed by atoms with Crippen molar-refractivity contribution in [3.05, 3.63) is 60.0 Å². The van der Waals surface area contributed by atoms with Crippen molar-refractivity contribution in [1.29, 1.82) is 0 Å². The minimum Gasteiger partial charge on any atom is -0.492 e. The van der Waals surface area contributed by atoms with Crippen LogP contribution in [0.5, 0.6) is 5.75 Å². The summed E-state index contributed by atoms with van der Waals surface area (Å²) in [5.74, 6) is 1.40. The Bertz CT molecular complexity index is 954. The Morgan fingerprint density at radius 1 is 1.14 bits per heavy atom. The number of hydrogen-bond donors (Lipinski definition) is 2. The van der Waals surface area contributed by atoms with Crippen LogP contribution in [0.2, 0.25) is 0 Å². The standard InChI is InChI=1S/C18H19F3N6O/c1-22-17(24-12-16-26-25-15-7-2-3-9-27(15)16)23-8-10-28-14-6-4-5-13(11-14)18(19,20)21/h2-7,9,11H,8,10,12H2,1H3,(H2,22,23,24). The first-order chi connectivity index (χ1) is 13.5. The van der Waals surface area contributed by atoms with Crippen LogP contribution < -0.4 is 15.4 Å². The maximum Gasteiger partial charge on any atom is 0.416 e. The number of pyridine rings is 1. The van der Waals surface area contributed by atoms with E-state index in [1.165, 1.54) is 12.1 Å². The zero-order chi connectivity index (χ0) is 20.0. The Hall–Kier alpha value is -3.30. The molecule has 148 valence electrons. The van der Waals surface area contributed by atoms with E-state index in [1.807, 2.05) is 28.8 Å². The number of guanidine groups is 1. The second kappa shape index (κ2) is 8.59. The SMILES string of the molecule is CN=C(NCCOc1cccc(C(F)(F)F)c1)NCc1nnc2ccccn12. The molecule has 0 unspecified atom stereocenters. The zero-order valence-corrected chi connectivity index (χ0v) is 15.1. The average molecular weight is 392 g/mol. The molecule has 0 bridgehead atoms. The predicted molar refractivity (Wildman–Crippen MR) is 98.1 cm³/mol. The van der Waals surface area contributed by atoms with Gasteiger partial charge in [-0.3, -0.25) is 9.39 Å². The maximum absolute atomic E-state index is 12.7. The Morgan fingerprint density at radius 3 is 2.79 bits per heavy atom. The molecule has 10 heteroatoms. The molecule has 0 amide bonds. The fourth-order valence-electron chi connectivity index (χ4n) is 2.50. The van der Waals surface area contributed by atoms with Crippen molar-refractivity contribution in [2.75, 3.05) is 20.2 Å². The molecule has 0 fully saturated rings. The smallest absolute Gasteiger partial charge is 0.416 e. The number of aliphatic imine (C=N–C) groups is 1. The van der Waals surface area contributed by atoms with E-state index in [9.17, 15) is 13.2 Å². The number of rotatable bonds is 6. The van der Waals surface area contributed by atoms with Crippen LogP contribution in [-0.4, -0.2) is 40.8 Å². The number of benzene rings is 1. The molecule has 0 saturated heterocycles.